The molecular weight excluding hydrogens is 300 g/mol. The second-order valence-corrected chi connectivity index (χ2v) is 6.20. The van der Waals surface area contributed by atoms with Crippen molar-refractivity contribution in [2.75, 3.05) is 18.4 Å². The summed E-state index contributed by atoms with van der Waals surface area (Å²) in [6.45, 7) is 5.50. The van der Waals surface area contributed by atoms with E-state index in [1.807, 2.05) is 36.1 Å². The van der Waals surface area contributed by atoms with E-state index in [2.05, 4.69) is 34.3 Å². The van der Waals surface area contributed by atoms with Gasteiger partial charge in [0.1, 0.15) is 11.6 Å². The number of nitrogens with zero attached hydrogens (tertiary/aromatic N) is 3. The summed E-state index contributed by atoms with van der Waals surface area (Å²) in [5.41, 5.74) is 2.18. The van der Waals surface area contributed by atoms with Gasteiger partial charge in [0.25, 0.3) is 0 Å². The lowest BCUT2D eigenvalue weighted by Crippen LogP contribution is -2.32. The van der Waals surface area contributed by atoms with Crippen molar-refractivity contribution >= 4 is 11.7 Å². The lowest BCUT2D eigenvalue weighted by atomic mass is 10.1. The first-order valence-corrected chi connectivity index (χ1v) is 8.59. The van der Waals surface area contributed by atoms with Gasteiger partial charge in [-0.1, -0.05) is 37.3 Å². The molecule has 5 nitrogen and oxygen atoms in total. The van der Waals surface area contributed by atoms with Crippen LogP contribution < -0.4 is 5.32 Å². The maximum absolute atomic E-state index is 12.0. The van der Waals surface area contributed by atoms with Crippen LogP contribution in [0.2, 0.25) is 0 Å². The lowest BCUT2D eigenvalue weighted by molar-refractivity contribution is -0.127. The summed E-state index contributed by atoms with van der Waals surface area (Å²) < 4.78 is 0. The maximum Gasteiger partial charge on any atom is 0.222 e. The predicted molar refractivity (Wildman–Crippen MR) is 94.8 cm³/mol. The van der Waals surface area contributed by atoms with Gasteiger partial charge in [-0.2, -0.15) is 0 Å². The summed E-state index contributed by atoms with van der Waals surface area (Å²) in [6.07, 6.45) is 2.49. The SMILES string of the molecule is CCc1cc(NC(CN2CCCC2=O)c2ccccc2)nc(C)n1. The molecule has 1 aromatic carbocycles. The van der Waals surface area contributed by atoms with E-state index in [1.54, 1.807) is 0 Å². The second-order valence-electron chi connectivity index (χ2n) is 6.20. The van der Waals surface area contributed by atoms with Gasteiger partial charge >= 0.3 is 0 Å². The lowest BCUT2D eigenvalue weighted by Gasteiger charge is -2.26. The Labute approximate surface area is 143 Å². The van der Waals surface area contributed by atoms with Crippen molar-refractivity contribution in [3.63, 3.8) is 0 Å². The Morgan fingerprint density at radius 1 is 1.25 bits per heavy atom. The third-order valence-corrected chi connectivity index (χ3v) is 4.35. The second kappa shape index (κ2) is 7.43. The van der Waals surface area contributed by atoms with Crippen LogP contribution in [0.1, 0.15) is 42.9 Å². The summed E-state index contributed by atoms with van der Waals surface area (Å²) in [7, 11) is 0. The molecule has 1 amide bonds. The number of nitrogens with one attached hydrogen (secondary N) is 1. The molecule has 1 aliphatic heterocycles. The topological polar surface area (TPSA) is 58.1 Å². The molecule has 1 N–H and O–H groups in total. The molecule has 1 atom stereocenters. The van der Waals surface area contributed by atoms with Crippen LogP contribution in [0.5, 0.6) is 0 Å². The average Bonchev–Trinajstić information content (AvgIpc) is 2.99. The van der Waals surface area contributed by atoms with E-state index in [9.17, 15) is 4.79 Å². The van der Waals surface area contributed by atoms with Gasteiger partial charge in [-0.25, -0.2) is 9.97 Å². The van der Waals surface area contributed by atoms with E-state index in [0.29, 0.717) is 13.0 Å². The molecule has 0 spiro atoms. The highest BCUT2D eigenvalue weighted by Crippen LogP contribution is 2.22. The van der Waals surface area contributed by atoms with E-state index in [0.717, 1.165) is 42.3 Å². The van der Waals surface area contributed by atoms with E-state index < -0.39 is 0 Å². The van der Waals surface area contributed by atoms with Crippen molar-refractivity contribution in [2.24, 2.45) is 0 Å². The van der Waals surface area contributed by atoms with Crippen LogP contribution in [-0.4, -0.2) is 33.9 Å². The monoisotopic (exact) mass is 324 g/mol. The minimum atomic E-state index is 0.0206. The third kappa shape index (κ3) is 3.91. The van der Waals surface area contributed by atoms with Gasteiger partial charge in [0.05, 0.1) is 6.04 Å². The number of carbonyl (C=O) groups excluding carboxylic acids is 1. The quantitative estimate of drug-likeness (QED) is 0.887. The van der Waals surface area contributed by atoms with Crippen LogP contribution in [0.25, 0.3) is 0 Å². The number of likely N-dealkylation sites (tertiary alicyclic amines) is 1. The molecule has 1 aliphatic rings. The maximum atomic E-state index is 12.0. The Hall–Kier alpha value is -2.43. The minimum Gasteiger partial charge on any atom is -0.361 e. The number of aromatic nitrogens is 2. The van der Waals surface area contributed by atoms with Gasteiger partial charge in [-0.05, 0) is 25.3 Å². The molecule has 0 saturated carbocycles. The van der Waals surface area contributed by atoms with Crippen molar-refractivity contribution in [3.05, 3.63) is 53.5 Å². The Bertz CT molecular complexity index is 702. The highest BCUT2D eigenvalue weighted by Gasteiger charge is 2.24. The Morgan fingerprint density at radius 2 is 2.04 bits per heavy atom. The van der Waals surface area contributed by atoms with Crippen LogP contribution in [0.3, 0.4) is 0 Å². The number of hydrogen-bond acceptors (Lipinski definition) is 4. The Morgan fingerprint density at radius 3 is 2.71 bits per heavy atom. The molecular formula is C19H24N4O. The molecule has 0 bridgehead atoms. The molecule has 126 valence electrons. The van der Waals surface area contributed by atoms with Crippen molar-refractivity contribution in [2.45, 2.75) is 39.2 Å². The first-order chi connectivity index (χ1) is 11.7. The van der Waals surface area contributed by atoms with Crippen LogP contribution in [0.15, 0.2) is 36.4 Å². The normalized spacial score (nSPS) is 15.6. The summed E-state index contributed by atoms with van der Waals surface area (Å²) in [4.78, 5) is 22.9. The zero-order valence-electron chi connectivity index (χ0n) is 14.3. The Balaban J connectivity index is 1.84. The molecule has 5 heteroatoms. The van der Waals surface area contributed by atoms with Gasteiger partial charge in [0.15, 0.2) is 0 Å². The molecule has 0 radical (unpaired) electrons. The smallest absolute Gasteiger partial charge is 0.222 e. The van der Waals surface area contributed by atoms with Gasteiger partial charge in [0.2, 0.25) is 5.91 Å². The molecule has 0 aliphatic carbocycles. The van der Waals surface area contributed by atoms with Crippen LogP contribution >= 0.6 is 0 Å². The van der Waals surface area contributed by atoms with Crippen molar-refractivity contribution in [1.29, 1.82) is 0 Å². The molecule has 2 aromatic rings. The fourth-order valence-corrected chi connectivity index (χ4v) is 3.10. The van der Waals surface area contributed by atoms with Crippen molar-refractivity contribution < 1.29 is 4.79 Å². The third-order valence-electron chi connectivity index (χ3n) is 4.35. The number of benzene rings is 1. The summed E-state index contributed by atoms with van der Waals surface area (Å²) in [5, 5.41) is 3.51. The standard InChI is InChI=1S/C19H24N4O/c1-3-16-12-18(21-14(2)20-16)22-17(15-8-5-4-6-9-15)13-23-11-7-10-19(23)24/h4-6,8-9,12,17H,3,7,10-11,13H2,1-2H3,(H,20,21,22). The van der Waals surface area contributed by atoms with Gasteiger partial charge in [0, 0.05) is 31.3 Å². The molecule has 1 saturated heterocycles. The van der Waals surface area contributed by atoms with Crippen molar-refractivity contribution in [1.82, 2.24) is 14.9 Å². The van der Waals surface area contributed by atoms with Crippen LogP contribution in [-0.2, 0) is 11.2 Å². The molecule has 1 fully saturated rings. The predicted octanol–water partition coefficient (Wildman–Crippen LogP) is 3.12. The summed E-state index contributed by atoms with van der Waals surface area (Å²) in [5.74, 6) is 1.83. The van der Waals surface area contributed by atoms with Gasteiger partial charge < -0.3 is 10.2 Å². The number of carbonyl (C=O) groups is 1. The molecule has 1 unspecified atom stereocenters. The molecule has 2 heterocycles. The zero-order valence-corrected chi connectivity index (χ0v) is 14.3. The molecule has 24 heavy (non-hydrogen) atoms. The number of aryl methyl sites for hydroxylation is 2. The largest absolute Gasteiger partial charge is 0.361 e. The van der Waals surface area contributed by atoms with Crippen LogP contribution in [0.4, 0.5) is 5.82 Å². The first-order valence-electron chi connectivity index (χ1n) is 8.59. The Kier molecular flexibility index (Phi) is 5.08. The molecule has 1 aromatic heterocycles. The van der Waals surface area contributed by atoms with E-state index >= 15 is 0 Å². The number of hydrogen-bond donors (Lipinski definition) is 1. The minimum absolute atomic E-state index is 0.0206. The summed E-state index contributed by atoms with van der Waals surface area (Å²) >= 11 is 0. The van der Waals surface area contributed by atoms with Crippen molar-refractivity contribution in [3.8, 4) is 0 Å². The van der Waals surface area contributed by atoms with E-state index in [1.165, 1.54) is 0 Å². The highest BCUT2D eigenvalue weighted by atomic mass is 16.2. The zero-order chi connectivity index (χ0) is 16.9. The highest BCUT2D eigenvalue weighted by molar-refractivity contribution is 5.78. The average molecular weight is 324 g/mol. The molecule has 3 rings (SSSR count). The van der Waals surface area contributed by atoms with Gasteiger partial charge in [-0.3, -0.25) is 4.79 Å². The number of anilines is 1. The van der Waals surface area contributed by atoms with E-state index in [-0.39, 0.29) is 11.9 Å². The first kappa shape index (κ1) is 16.4. The fraction of sp³-hybridized carbons (Fsp3) is 0.421. The van der Waals surface area contributed by atoms with Gasteiger partial charge in [-0.15, -0.1) is 0 Å². The van der Waals surface area contributed by atoms with E-state index in [4.69, 9.17) is 0 Å². The number of rotatable bonds is 6. The fourth-order valence-electron chi connectivity index (χ4n) is 3.10. The van der Waals surface area contributed by atoms with Crippen LogP contribution in [0, 0.1) is 6.92 Å². The number of amides is 1. The summed E-state index contributed by atoms with van der Waals surface area (Å²) in [6, 6.07) is 12.3.